The average Bonchev–Trinajstić information content (AvgIpc) is 3.24. The van der Waals surface area contributed by atoms with E-state index in [9.17, 15) is 4.79 Å². The normalized spacial score (nSPS) is 24.3. The van der Waals surface area contributed by atoms with Gasteiger partial charge in [-0.1, -0.05) is 13.8 Å². The molecule has 3 heterocycles. The van der Waals surface area contributed by atoms with Gasteiger partial charge in [-0.2, -0.15) is 0 Å². The highest BCUT2D eigenvalue weighted by molar-refractivity contribution is 5.80. The number of hydrogen-bond acceptors (Lipinski definition) is 4. The molecule has 2 atom stereocenters. The standard InChI is InChI=1S/C23H38N4O3/c1-16(2)15-25-21(24-11-10-20-7-6-12-29-20)26-17-13-18-8-9-19(14-17)27(18)22(28)30-23(3,4)5/h6-7,12,16-19H,8-11,13-15H2,1-5H3,(H2,24,25,26). The predicted molar refractivity (Wildman–Crippen MR) is 119 cm³/mol. The Morgan fingerprint density at radius 3 is 2.57 bits per heavy atom. The van der Waals surface area contributed by atoms with Crippen molar-refractivity contribution in [2.45, 2.75) is 90.4 Å². The Labute approximate surface area is 180 Å². The highest BCUT2D eigenvalue weighted by Crippen LogP contribution is 2.36. The summed E-state index contributed by atoms with van der Waals surface area (Å²) >= 11 is 0. The SMILES string of the molecule is CC(C)CN=C(NCCc1ccco1)NC1CC2CCC(C1)N2C(=O)OC(C)(C)C. The van der Waals surface area contributed by atoms with Crippen molar-refractivity contribution in [1.82, 2.24) is 15.5 Å². The summed E-state index contributed by atoms with van der Waals surface area (Å²) in [5.74, 6) is 2.32. The van der Waals surface area contributed by atoms with Crippen molar-refractivity contribution in [2.75, 3.05) is 13.1 Å². The summed E-state index contributed by atoms with van der Waals surface area (Å²) in [7, 11) is 0. The van der Waals surface area contributed by atoms with Gasteiger partial charge in [0.25, 0.3) is 0 Å². The van der Waals surface area contributed by atoms with Crippen molar-refractivity contribution in [3.05, 3.63) is 24.2 Å². The Bertz CT molecular complexity index is 695. The molecular formula is C23H38N4O3. The molecule has 7 nitrogen and oxygen atoms in total. The number of furan rings is 1. The maximum atomic E-state index is 12.7. The fourth-order valence-electron chi connectivity index (χ4n) is 4.29. The summed E-state index contributed by atoms with van der Waals surface area (Å²) in [6.07, 6.45) is 6.30. The first-order chi connectivity index (χ1) is 14.2. The van der Waals surface area contributed by atoms with Gasteiger partial charge in [0.15, 0.2) is 5.96 Å². The van der Waals surface area contributed by atoms with Crippen LogP contribution < -0.4 is 10.6 Å². The van der Waals surface area contributed by atoms with E-state index in [1.54, 1.807) is 6.26 Å². The fourth-order valence-corrected chi connectivity index (χ4v) is 4.29. The van der Waals surface area contributed by atoms with Crippen LogP contribution in [0.15, 0.2) is 27.8 Å². The van der Waals surface area contributed by atoms with Crippen molar-refractivity contribution < 1.29 is 13.9 Å². The molecule has 2 N–H and O–H groups in total. The summed E-state index contributed by atoms with van der Waals surface area (Å²) in [6, 6.07) is 4.69. The van der Waals surface area contributed by atoms with Gasteiger partial charge in [-0.3, -0.25) is 4.99 Å². The zero-order valence-corrected chi connectivity index (χ0v) is 19.1. The van der Waals surface area contributed by atoms with Gasteiger partial charge in [0, 0.05) is 37.6 Å². The summed E-state index contributed by atoms with van der Waals surface area (Å²) in [4.78, 5) is 19.4. The Balaban J connectivity index is 1.56. The number of carbonyl (C=O) groups is 1. The topological polar surface area (TPSA) is 79.1 Å². The van der Waals surface area contributed by atoms with E-state index in [0.29, 0.717) is 12.0 Å². The molecule has 0 aliphatic carbocycles. The van der Waals surface area contributed by atoms with Gasteiger partial charge in [0.2, 0.25) is 0 Å². The monoisotopic (exact) mass is 418 g/mol. The molecule has 168 valence electrons. The van der Waals surface area contributed by atoms with Crippen molar-refractivity contribution in [1.29, 1.82) is 0 Å². The minimum atomic E-state index is -0.458. The van der Waals surface area contributed by atoms with Crippen molar-refractivity contribution in [3.63, 3.8) is 0 Å². The lowest BCUT2D eigenvalue weighted by Crippen LogP contribution is -2.55. The number of hydrogen-bond donors (Lipinski definition) is 2. The maximum absolute atomic E-state index is 12.7. The van der Waals surface area contributed by atoms with Gasteiger partial charge in [0.1, 0.15) is 11.4 Å². The first-order valence-electron chi connectivity index (χ1n) is 11.3. The number of fused-ring (bicyclic) bond motifs is 2. The molecule has 2 aliphatic heterocycles. The number of aliphatic imine (C=N–C) groups is 1. The third-order valence-electron chi connectivity index (χ3n) is 5.54. The van der Waals surface area contributed by atoms with Crippen LogP contribution in [0.4, 0.5) is 4.79 Å². The summed E-state index contributed by atoms with van der Waals surface area (Å²) < 4.78 is 11.1. The van der Waals surface area contributed by atoms with Crippen molar-refractivity contribution >= 4 is 12.1 Å². The zero-order valence-electron chi connectivity index (χ0n) is 19.1. The van der Waals surface area contributed by atoms with E-state index in [4.69, 9.17) is 14.1 Å². The first-order valence-corrected chi connectivity index (χ1v) is 11.3. The predicted octanol–water partition coefficient (Wildman–Crippen LogP) is 3.94. The molecule has 0 aromatic carbocycles. The second-order valence-corrected chi connectivity index (χ2v) is 9.92. The van der Waals surface area contributed by atoms with E-state index in [1.807, 2.05) is 37.8 Å². The van der Waals surface area contributed by atoms with Crippen LogP contribution in [0.1, 0.15) is 66.1 Å². The molecule has 7 heteroatoms. The zero-order chi connectivity index (χ0) is 21.7. The fraction of sp³-hybridized carbons (Fsp3) is 0.739. The molecule has 2 saturated heterocycles. The van der Waals surface area contributed by atoms with Crippen molar-refractivity contribution in [2.24, 2.45) is 10.9 Å². The molecule has 2 fully saturated rings. The maximum Gasteiger partial charge on any atom is 0.410 e. The molecule has 0 radical (unpaired) electrons. The number of rotatable bonds is 6. The number of guanidine groups is 1. The number of ether oxygens (including phenoxy) is 1. The minimum Gasteiger partial charge on any atom is -0.469 e. The number of amides is 1. The quantitative estimate of drug-likeness (QED) is 0.540. The second-order valence-electron chi connectivity index (χ2n) is 9.92. The van der Waals surface area contributed by atoms with E-state index in [2.05, 4.69) is 24.5 Å². The van der Waals surface area contributed by atoms with Gasteiger partial charge in [-0.05, 0) is 64.5 Å². The van der Waals surface area contributed by atoms with Crippen LogP contribution in [-0.2, 0) is 11.2 Å². The molecule has 30 heavy (non-hydrogen) atoms. The molecule has 0 spiro atoms. The van der Waals surface area contributed by atoms with Gasteiger partial charge in [-0.15, -0.1) is 0 Å². The summed E-state index contributed by atoms with van der Waals surface area (Å²) in [5.41, 5.74) is -0.458. The summed E-state index contributed by atoms with van der Waals surface area (Å²) in [6.45, 7) is 11.7. The minimum absolute atomic E-state index is 0.168. The lowest BCUT2D eigenvalue weighted by molar-refractivity contribution is 0.00545. The summed E-state index contributed by atoms with van der Waals surface area (Å²) in [5, 5.41) is 7.08. The Morgan fingerprint density at radius 1 is 1.30 bits per heavy atom. The molecule has 0 saturated carbocycles. The lowest BCUT2D eigenvalue weighted by Gasteiger charge is -2.40. The van der Waals surface area contributed by atoms with Gasteiger partial charge >= 0.3 is 6.09 Å². The smallest absolute Gasteiger partial charge is 0.410 e. The molecule has 1 aromatic heterocycles. The van der Waals surface area contributed by atoms with Gasteiger partial charge in [-0.25, -0.2) is 4.79 Å². The Morgan fingerprint density at radius 2 is 2.00 bits per heavy atom. The van der Waals surface area contributed by atoms with E-state index in [0.717, 1.165) is 56.9 Å². The first kappa shape index (κ1) is 22.5. The van der Waals surface area contributed by atoms with Crippen LogP contribution in [0, 0.1) is 5.92 Å². The van der Waals surface area contributed by atoms with Crippen molar-refractivity contribution in [3.8, 4) is 0 Å². The molecule has 2 unspecified atom stereocenters. The van der Waals surface area contributed by atoms with Crippen LogP contribution >= 0.6 is 0 Å². The molecular weight excluding hydrogens is 380 g/mol. The highest BCUT2D eigenvalue weighted by atomic mass is 16.6. The van der Waals surface area contributed by atoms with E-state index in [1.165, 1.54) is 0 Å². The van der Waals surface area contributed by atoms with Crippen LogP contribution in [0.2, 0.25) is 0 Å². The van der Waals surface area contributed by atoms with Crippen LogP contribution in [0.5, 0.6) is 0 Å². The third-order valence-corrected chi connectivity index (χ3v) is 5.54. The molecule has 3 rings (SSSR count). The van der Waals surface area contributed by atoms with Crippen LogP contribution in [0.3, 0.4) is 0 Å². The number of carbonyl (C=O) groups excluding carboxylic acids is 1. The van der Waals surface area contributed by atoms with Gasteiger partial charge in [0.05, 0.1) is 6.26 Å². The number of piperidine rings is 1. The molecule has 1 amide bonds. The Hall–Kier alpha value is -2.18. The van der Waals surface area contributed by atoms with E-state index < -0.39 is 5.60 Å². The average molecular weight is 419 g/mol. The molecule has 1 aromatic rings. The van der Waals surface area contributed by atoms with Crippen LogP contribution in [0.25, 0.3) is 0 Å². The number of nitrogens with zero attached hydrogens (tertiary/aromatic N) is 2. The largest absolute Gasteiger partial charge is 0.469 e. The van der Waals surface area contributed by atoms with Gasteiger partial charge < -0.3 is 24.7 Å². The Kier molecular flexibility index (Phi) is 7.32. The van der Waals surface area contributed by atoms with Crippen LogP contribution in [-0.4, -0.2) is 53.8 Å². The highest BCUT2D eigenvalue weighted by Gasteiger charge is 2.45. The molecule has 2 aliphatic rings. The van der Waals surface area contributed by atoms with E-state index in [-0.39, 0.29) is 18.2 Å². The lowest BCUT2D eigenvalue weighted by atomic mass is 9.98. The molecule has 2 bridgehead atoms. The number of nitrogens with one attached hydrogen (secondary N) is 2. The van der Waals surface area contributed by atoms with E-state index >= 15 is 0 Å². The second kappa shape index (κ2) is 9.75. The third kappa shape index (κ3) is 6.41.